The van der Waals surface area contributed by atoms with Crippen LogP contribution in [-0.2, 0) is 4.79 Å². The van der Waals surface area contributed by atoms with Crippen LogP contribution in [0.5, 0.6) is 5.75 Å². The number of ether oxygens (including phenoxy) is 1. The number of halogens is 1. The number of carbonyl (C=O) groups is 2. The molecule has 2 aromatic rings. The molecular formula is C23H25BrN2O3. The standard InChI is InChI=1S/C23H25BrN2O3/c24-17-9-7-16(8-10-17)23(28)26-15-3-6-21(26)22(27)25-18-11-13-20(14-12-18)29-19-4-1-2-5-19/h7-14,19,21H,1-6,15H2,(H,25,27). The first-order valence-electron chi connectivity index (χ1n) is 10.2. The van der Waals surface area contributed by atoms with Gasteiger partial charge in [0.25, 0.3) is 5.91 Å². The SMILES string of the molecule is O=C(Nc1ccc(OC2CCCC2)cc1)C1CCCN1C(=O)c1ccc(Br)cc1. The number of likely N-dealkylation sites (tertiary alicyclic amines) is 1. The molecule has 0 bridgehead atoms. The predicted molar refractivity (Wildman–Crippen MR) is 116 cm³/mol. The van der Waals surface area contributed by atoms with E-state index in [1.807, 2.05) is 36.4 Å². The van der Waals surface area contributed by atoms with Crippen LogP contribution in [0.15, 0.2) is 53.0 Å². The summed E-state index contributed by atoms with van der Waals surface area (Å²) in [4.78, 5) is 27.4. The second kappa shape index (κ2) is 8.99. The van der Waals surface area contributed by atoms with E-state index in [9.17, 15) is 9.59 Å². The van der Waals surface area contributed by atoms with Gasteiger partial charge in [0.1, 0.15) is 11.8 Å². The van der Waals surface area contributed by atoms with Gasteiger partial charge in [-0.3, -0.25) is 9.59 Å². The summed E-state index contributed by atoms with van der Waals surface area (Å²) in [6.45, 7) is 0.598. The van der Waals surface area contributed by atoms with Crippen molar-refractivity contribution in [2.45, 2.75) is 50.7 Å². The summed E-state index contributed by atoms with van der Waals surface area (Å²) < 4.78 is 6.89. The first-order valence-corrected chi connectivity index (χ1v) is 11.0. The molecule has 1 atom stereocenters. The van der Waals surface area contributed by atoms with Crippen molar-refractivity contribution >= 4 is 33.4 Å². The lowest BCUT2D eigenvalue weighted by Gasteiger charge is -2.24. The molecule has 6 heteroatoms. The summed E-state index contributed by atoms with van der Waals surface area (Å²) in [5, 5.41) is 2.95. The average molecular weight is 457 g/mol. The molecule has 29 heavy (non-hydrogen) atoms. The average Bonchev–Trinajstić information content (AvgIpc) is 3.41. The molecule has 2 aliphatic rings. The highest BCUT2D eigenvalue weighted by Crippen LogP contribution is 2.26. The van der Waals surface area contributed by atoms with Crippen LogP contribution < -0.4 is 10.1 Å². The minimum absolute atomic E-state index is 0.101. The van der Waals surface area contributed by atoms with Crippen molar-refractivity contribution < 1.29 is 14.3 Å². The lowest BCUT2D eigenvalue weighted by atomic mass is 10.1. The van der Waals surface area contributed by atoms with Gasteiger partial charge in [0, 0.05) is 22.3 Å². The Kier molecular flexibility index (Phi) is 6.19. The summed E-state index contributed by atoms with van der Waals surface area (Å²) in [5.74, 6) is 0.593. The van der Waals surface area contributed by atoms with Crippen molar-refractivity contribution in [1.82, 2.24) is 4.90 Å². The number of hydrogen-bond donors (Lipinski definition) is 1. The van der Waals surface area contributed by atoms with Gasteiger partial charge in [-0.15, -0.1) is 0 Å². The van der Waals surface area contributed by atoms with E-state index in [1.54, 1.807) is 17.0 Å². The third-order valence-corrected chi connectivity index (χ3v) is 6.16. The van der Waals surface area contributed by atoms with Crippen molar-refractivity contribution in [3.8, 4) is 5.75 Å². The summed E-state index contributed by atoms with van der Waals surface area (Å²) in [5.41, 5.74) is 1.32. The molecule has 1 N–H and O–H groups in total. The molecule has 4 rings (SSSR count). The highest BCUT2D eigenvalue weighted by atomic mass is 79.9. The zero-order chi connectivity index (χ0) is 20.2. The summed E-state index contributed by atoms with van der Waals surface area (Å²) >= 11 is 3.38. The molecule has 1 heterocycles. The van der Waals surface area contributed by atoms with E-state index in [0.717, 1.165) is 35.2 Å². The first-order chi connectivity index (χ1) is 14.1. The van der Waals surface area contributed by atoms with Crippen LogP contribution in [0.1, 0.15) is 48.9 Å². The highest BCUT2D eigenvalue weighted by molar-refractivity contribution is 9.10. The van der Waals surface area contributed by atoms with E-state index in [1.165, 1.54) is 12.8 Å². The van der Waals surface area contributed by atoms with Gasteiger partial charge in [0.15, 0.2) is 0 Å². The molecule has 1 aliphatic carbocycles. The van der Waals surface area contributed by atoms with Crippen LogP contribution in [0.3, 0.4) is 0 Å². The van der Waals surface area contributed by atoms with Crippen molar-refractivity contribution in [2.75, 3.05) is 11.9 Å². The van der Waals surface area contributed by atoms with Crippen LogP contribution in [0.4, 0.5) is 5.69 Å². The van der Waals surface area contributed by atoms with Crippen molar-refractivity contribution in [3.05, 3.63) is 58.6 Å². The summed E-state index contributed by atoms with van der Waals surface area (Å²) in [7, 11) is 0. The van der Waals surface area contributed by atoms with E-state index in [2.05, 4.69) is 21.2 Å². The van der Waals surface area contributed by atoms with Crippen LogP contribution in [0, 0.1) is 0 Å². The summed E-state index contributed by atoms with van der Waals surface area (Å²) in [6, 6.07) is 14.3. The molecule has 152 valence electrons. The fraction of sp³-hybridized carbons (Fsp3) is 0.391. The number of amides is 2. The molecular weight excluding hydrogens is 432 g/mol. The Morgan fingerprint density at radius 2 is 1.62 bits per heavy atom. The lowest BCUT2D eigenvalue weighted by molar-refractivity contribution is -0.119. The third-order valence-electron chi connectivity index (χ3n) is 5.63. The Balaban J connectivity index is 1.38. The van der Waals surface area contributed by atoms with E-state index in [0.29, 0.717) is 24.6 Å². The van der Waals surface area contributed by atoms with Crippen LogP contribution in [0.25, 0.3) is 0 Å². The van der Waals surface area contributed by atoms with Gasteiger partial charge in [-0.1, -0.05) is 15.9 Å². The minimum atomic E-state index is -0.444. The molecule has 0 aromatic heterocycles. The maximum Gasteiger partial charge on any atom is 0.254 e. The van der Waals surface area contributed by atoms with Gasteiger partial charge in [-0.2, -0.15) is 0 Å². The molecule has 1 saturated carbocycles. The smallest absolute Gasteiger partial charge is 0.254 e. The van der Waals surface area contributed by atoms with E-state index < -0.39 is 6.04 Å². The van der Waals surface area contributed by atoms with E-state index >= 15 is 0 Å². The maximum atomic E-state index is 12.8. The Labute approximate surface area is 179 Å². The van der Waals surface area contributed by atoms with Gasteiger partial charge in [0.05, 0.1) is 6.10 Å². The number of nitrogens with one attached hydrogen (secondary N) is 1. The topological polar surface area (TPSA) is 58.6 Å². The monoisotopic (exact) mass is 456 g/mol. The Morgan fingerprint density at radius 3 is 2.31 bits per heavy atom. The molecule has 0 radical (unpaired) electrons. The maximum absolute atomic E-state index is 12.8. The molecule has 1 saturated heterocycles. The Hall–Kier alpha value is -2.34. The highest BCUT2D eigenvalue weighted by Gasteiger charge is 2.34. The van der Waals surface area contributed by atoms with Gasteiger partial charge in [0.2, 0.25) is 5.91 Å². The van der Waals surface area contributed by atoms with E-state index in [-0.39, 0.29) is 11.8 Å². The second-order valence-electron chi connectivity index (χ2n) is 7.70. The van der Waals surface area contributed by atoms with E-state index in [4.69, 9.17) is 4.74 Å². The predicted octanol–water partition coefficient (Wildman–Crippen LogP) is 5.01. The lowest BCUT2D eigenvalue weighted by Crippen LogP contribution is -2.43. The van der Waals surface area contributed by atoms with Gasteiger partial charge in [-0.05, 0) is 87.1 Å². The molecule has 2 aromatic carbocycles. The van der Waals surface area contributed by atoms with Gasteiger partial charge < -0.3 is 15.0 Å². The quantitative estimate of drug-likeness (QED) is 0.687. The number of benzene rings is 2. The zero-order valence-electron chi connectivity index (χ0n) is 16.3. The zero-order valence-corrected chi connectivity index (χ0v) is 17.9. The molecule has 2 amide bonds. The molecule has 0 spiro atoms. The van der Waals surface area contributed by atoms with Crippen molar-refractivity contribution in [2.24, 2.45) is 0 Å². The van der Waals surface area contributed by atoms with Crippen molar-refractivity contribution in [1.29, 1.82) is 0 Å². The fourth-order valence-corrected chi connectivity index (χ4v) is 4.35. The fourth-order valence-electron chi connectivity index (χ4n) is 4.08. The second-order valence-corrected chi connectivity index (χ2v) is 8.62. The van der Waals surface area contributed by atoms with Crippen LogP contribution in [-0.4, -0.2) is 35.4 Å². The van der Waals surface area contributed by atoms with Crippen LogP contribution >= 0.6 is 15.9 Å². The first kappa shape index (κ1) is 20.0. The minimum Gasteiger partial charge on any atom is -0.490 e. The number of carbonyl (C=O) groups excluding carboxylic acids is 2. The normalized spacial score (nSPS) is 19.3. The van der Waals surface area contributed by atoms with Crippen LogP contribution in [0.2, 0.25) is 0 Å². The number of nitrogens with zero attached hydrogens (tertiary/aromatic N) is 1. The van der Waals surface area contributed by atoms with Gasteiger partial charge >= 0.3 is 0 Å². The number of hydrogen-bond acceptors (Lipinski definition) is 3. The molecule has 1 unspecified atom stereocenters. The molecule has 1 aliphatic heterocycles. The largest absolute Gasteiger partial charge is 0.490 e. The number of rotatable bonds is 5. The Bertz CT molecular complexity index is 861. The Morgan fingerprint density at radius 1 is 0.931 bits per heavy atom. The van der Waals surface area contributed by atoms with Crippen molar-refractivity contribution in [3.63, 3.8) is 0 Å². The number of anilines is 1. The third kappa shape index (κ3) is 4.81. The molecule has 2 fully saturated rings. The summed E-state index contributed by atoms with van der Waals surface area (Å²) in [6.07, 6.45) is 6.51. The molecule has 5 nitrogen and oxygen atoms in total. The van der Waals surface area contributed by atoms with Gasteiger partial charge in [-0.25, -0.2) is 0 Å².